The number of methoxy groups -OCH3 is 1. The number of alkyl halides is 3. The van der Waals surface area contributed by atoms with Gasteiger partial charge in [0.05, 0.1) is 6.61 Å². The lowest BCUT2D eigenvalue weighted by Crippen LogP contribution is -2.63. The van der Waals surface area contributed by atoms with Gasteiger partial charge in [0.25, 0.3) is 5.91 Å². The molecule has 2 aliphatic rings. The van der Waals surface area contributed by atoms with E-state index in [-0.39, 0.29) is 11.3 Å². The second-order valence-electron chi connectivity index (χ2n) is 8.19. The number of carboxylic acids is 1. The summed E-state index contributed by atoms with van der Waals surface area (Å²) in [5.41, 5.74) is 1.98. The molecule has 8 nitrogen and oxygen atoms in total. The van der Waals surface area contributed by atoms with Gasteiger partial charge in [-0.05, 0) is 36.6 Å². The van der Waals surface area contributed by atoms with Crippen LogP contribution in [-0.2, 0) is 16.1 Å². The average molecular weight is 466 g/mol. The van der Waals surface area contributed by atoms with Gasteiger partial charge in [-0.3, -0.25) is 4.79 Å². The van der Waals surface area contributed by atoms with Crippen LogP contribution in [0.15, 0.2) is 42.9 Å². The lowest BCUT2D eigenvalue weighted by molar-refractivity contribution is -0.192. The Labute approximate surface area is 189 Å². The topological polar surface area (TPSA) is 95.9 Å². The Morgan fingerprint density at radius 3 is 2.55 bits per heavy atom. The standard InChI is InChI=1S/C20H24N4O2.C2HF3O2/c1-26-11-16-4-2-5-17(10-16)19(25)23-9-3-7-20(12-23)13-24(14-20)18-6-8-21-15-22-18;3-2(4,5)1(6)7/h2,4-6,8,10,15H,3,7,9,11-14H2,1H3;(H,6,7). The summed E-state index contributed by atoms with van der Waals surface area (Å²) in [6.45, 7) is 4.10. The third-order valence-electron chi connectivity index (χ3n) is 5.62. The zero-order valence-corrected chi connectivity index (χ0v) is 18.1. The number of carbonyl (C=O) groups excluding carboxylic acids is 1. The van der Waals surface area contributed by atoms with Crippen molar-refractivity contribution in [2.24, 2.45) is 5.41 Å². The maximum atomic E-state index is 13.0. The lowest BCUT2D eigenvalue weighted by Gasteiger charge is -2.55. The zero-order valence-electron chi connectivity index (χ0n) is 18.1. The summed E-state index contributed by atoms with van der Waals surface area (Å²) in [6.07, 6.45) is 0.504. The molecule has 2 aliphatic heterocycles. The van der Waals surface area contributed by atoms with E-state index in [1.54, 1.807) is 19.6 Å². The van der Waals surface area contributed by atoms with Crippen LogP contribution in [-0.4, -0.2) is 71.3 Å². The fourth-order valence-electron chi connectivity index (χ4n) is 4.18. The molecule has 178 valence electrons. The van der Waals surface area contributed by atoms with Crippen molar-refractivity contribution in [1.82, 2.24) is 14.9 Å². The molecule has 1 aromatic carbocycles. The van der Waals surface area contributed by atoms with Crippen molar-refractivity contribution in [2.45, 2.75) is 25.6 Å². The van der Waals surface area contributed by atoms with Gasteiger partial charge in [0, 0.05) is 50.5 Å². The second kappa shape index (κ2) is 10.2. The predicted octanol–water partition coefficient (Wildman–Crippen LogP) is 3.00. The molecule has 1 aromatic heterocycles. The van der Waals surface area contributed by atoms with Gasteiger partial charge in [-0.2, -0.15) is 13.2 Å². The predicted molar refractivity (Wildman–Crippen MR) is 113 cm³/mol. The minimum Gasteiger partial charge on any atom is -0.475 e. The van der Waals surface area contributed by atoms with Crippen molar-refractivity contribution < 1.29 is 32.6 Å². The third kappa shape index (κ3) is 6.19. The molecule has 0 unspecified atom stereocenters. The number of hydrogen-bond donors (Lipinski definition) is 1. The Kier molecular flexibility index (Phi) is 7.52. The quantitative estimate of drug-likeness (QED) is 0.740. The number of benzene rings is 1. The van der Waals surface area contributed by atoms with Crippen LogP contribution in [0.5, 0.6) is 0 Å². The molecule has 33 heavy (non-hydrogen) atoms. The molecular weight excluding hydrogens is 441 g/mol. The lowest BCUT2D eigenvalue weighted by atomic mass is 9.73. The number of carboxylic acid groups (broad SMARTS) is 1. The first kappa shape index (κ1) is 24.4. The van der Waals surface area contributed by atoms with Crippen LogP contribution >= 0.6 is 0 Å². The monoisotopic (exact) mass is 466 g/mol. The molecule has 0 saturated carbocycles. The molecule has 3 heterocycles. The number of amides is 1. The number of aliphatic carboxylic acids is 1. The molecule has 1 N–H and O–H groups in total. The van der Waals surface area contributed by atoms with Gasteiger partial charge in [0.2, 0.25) is 0 Å². The number of piperidine rings is 1. The number of nitrogens with zero attached hydrogens (tertiary/aromatic N) is 4. The Balaban J connectivity index is 0.000000383. The molecule has 2 fully saturated rings. The number of anilines is 1. The van der Waals surface area contributed by atoms with Gasteiger partial charge >= 0.3 is 12.1 Å². The number of hydrogen-bond acceptors (Lipinski definition) is 6. The van der Waals surface area contributed by atoms with Crippen LogP contribution in [0.2, 0.25) is 0 Å². The highest BCUT2D eigenvalue weighted by molar-refractivity contribution is 5.94. The summed E-state index contributed by atoms with van der Waals surface area (Å²) in [7, 11) is 1.67. The van der Waals surface area contributed by atoms with Crippen molar-refractivity contribution >= 4 is 17.7 Å². The van der Waals surface area contributed by atoms with E-state index >= 15 is 0 Å². The number of ether oxygens (including phenoxy) is 1. The second-order valence-corrected chi connectivity index (χ2v) is 8.19. The number of halogens is 3. The van der Waals surface area contributed by atoms with Crippen molar-refractivity contribution in [3.8, 4) is 0 Å². The molecule has 0 atom stereocenters. The molecule has 2 aromatic rings. The Hall–Kier alpha value is -3.21. The van der Waals surface area contributed by atoms with Gasteiger partial charge in [-0.1, -0.05) is 12.1 Å². The Morgan fingerprint density at radius 2 is 1.94 bits per heavy atom. The van der Waals surface area contributed by atoms with E-state index in [2.05, 4.69) is 14.9 Å². The van der Waals surface area contributed by atoms with Crippen molar-refractivity contribution in [3.63, 3.8) is 0 Å². The van der Waals surface area contributed by atoms with E-state index in [0.29, 0.717) is 6.61 Å². The smallest absolute Gasteiger partial charge is 0.475 e. The Morgan fingerprint density at radius 1 is 1.21 bits per heavy atom. The summed E-state index contributed by atoms with van der Waals surface area (Å²) >= 11 is 0. The normalized spacial score (nSPS) is 17.1. The van der Waals surface area contributed by atoms with Crippen LogP contribution in [0.1, 0.15) is 28.8 Å². The van der Waals surface area contributed by atoms with E-state index in [1.165, 1.54) is 6.42 Å². The van der Waals surface area contributed by atoms with Crippen molar-refractivity contribution in [3.05, 3.63) is 54.0 Å². The molecule has 2 saturated heterocycles. The number of carbonyl (C=O) groups is 2. The molecule has 11 heteroatoms. The molecule has 0 bridgehead atoms. The fourth-order valence-corrected chi connectivity index (χ4v) is 4.18. The highest BCUT2D eigenvalue weighted by Gasteiger charge is 2.47. The van der Waals surface area contributed by atoms with Crippen LogP contribution in [0.4, 0.5) is 19.0 Å². The van der Waals surface area contributed by atoms with Gasteiger partial charge in [-0.25, -0.2) is 14.8 Å². The first-order valence-electron chi connectivity index (χ1n) is 10.3. The largest absolute Gasteiger partial charge is 0.490 e. The van der Waals surface area contributed by atoms with Crippen LogP contribution < -0.4 is 4.90 Å². The summed E-state index contributed by atoms with van der Waals surface area (Å²) in [6, 6.07) is 9.71. The first-order valence-corrected chi connectivity index (χ1v) is 10.3. The van der Waals surface area contributed by atoms with E-state index in [9.17, 15) is 18.0 Å². The fraction of sp³-hybridized carbons (Fsp3) is 0.455. The molecule has 0 radical (unpaired) electrons. The molecule has 1 amide bonds. The van der Waals surface area contributed by atoms with E-state index in [1.807, 2.05) is 35.2 Å². The van der Waals surface area contributed by atoms with Gasteiger partial charge in [0.1, 0.15) is 12.1 Å². The average Bonchev–Trinajstić information content (AvgIpc) is 2.78. The van der Waals surface area contributed by atoms with Crippen LogP contribution in [0, 0.1) is 5.41 Å². The van der Waals surface area contributed by atoms with E-state index < -0.39 is 12.1 Å². The van der Waals surface area contributed by atoms with Gasteiger partial charge in [-0.15, -0.1) is 0 Å². The van der Waals surface area contributed by atoms with Gasteiger partial charge in [0.15, 0.2) is 0 Å². The van der Waals surface area contributed by atoms with Crippen molar-refractivity contribution in [1.29, 1.82) is 0 Å². The summed E-state index contributed by atoms with van der Waals surface area (Å²) in [5.74, 6) is -1.66. The maximum absolute atomic E-state index is 13.0. The Bertz CT molecular complexity index is 966. The molecular formula is C22H25F3N4O4. The molecule has 0 aliphatic carbocycles. The summed E-state index contributed by atoms with van der Waals surface area (Å²) < 4.78 is 36.9. The molecule has 1 spiro atoms. The van der Waals surface area contributed by atoms with Gasteiger partial charge < -0.3 is 19.6 Å². The maximum Gasteiger partial charge on any atom is 0.490 e. The highest BCUT2D eigenvalue weighted by Crippen LogP contribution is 2.41. The van der Waals surface area contributed by atoms with Crippen LogP contribution in [0.25, 0.3) is 0 Å². The van der Waals surface area contributed by atoms with Crippen molar-refractivity contribution in [2.75, 3.05) is 38.2 Å². The van der Waals surface area contributed by atoms with E-state index in [0.717, 1.165) is 49.5 Å². The highest BCUT2D eigenvalue weighted by atomic mass is 19.4. The van der Waals surface area contributed by atoms with Crippen LogP contribution in [0.3, 0.4) is 0 Å². The minimum absolute atomic E-state index is 0.127. The third-order valence-corrected chi connectivity index (χ3v) is 5.62. The number of aromatic nitrogens is 2. The summed E-state index contributed by atoms with van der Waals surface area (Å²) in [4.78, 5) is 34.5. The first-order chi connectivity index (χ1) is 15.6. The number of rotatable bonds is 4. The minimum atomic E-state index is -5.08. The molecule has 4 rings (SSSR count). The zero-order chi connectivity index (χ0) is 24.1. The summed E-state index contributed by atoms with van der Waals surface area (Å²) in [5, 5.41) is 7.12. The van der Waals surface area contributed by atoms with E-state index in [4.69, 9.17) is 14.6 Å². The SMILES string of the molecule is COCc1cccc(C(=O)N2CCCC3(C2)CN(c2ccncn2)C3)c1.O=C(O)C(F)(F)F. The number of likely N-dealkylation sites (tertiary alicyclic amines) is 1.